The van der Waals surface area contributed by atoms with Crippen LogP contribution in [-0.2, 0) is 4.74 Å². The number of carbonyl (C=O) groups is 1. The van der Waals surface area contributed by atoms with Gasteiger partial charge in [0.05, 0.1) is 6.54 Å². The van der Waals surface area contributed by atoms with Crippen LogP contribution in [0.3, 0.4) is 0 Å². The number of piperidine rings is 2. The lowest BCUT2D eigenvalue weighted by Gasteiger charge is -2.42. The SMILES string of the molecule is CC(C)N1CCN(CCCN2CC3(CCN(C4CCNCC4)CC3)OC2=O)CC1.Cl.Cl. The van der Waals surface area contributed by atoms with Gasteiger partial charge in [-0.1, -0.05) is 0 Å². The van der Waals surface area contributed by atoms with Gasteiger partial charge in [0.2, 0.25) is 0 Å². The van der Waals surface area contributed by atoms with Gasteiger partial charge in [-0.2, -0.15) is 0 Å². The van der Waals surface area contributed by atoms with Gasteiger partial charge in [0, 0.05) is 70.7 Å². The van der Waals surface area contributed by atoms with E-state index in [1.165, 1.54) is 25.9 Å². The molecule has 4 rings (SSSR count). The first-order valence-electron chi connectivity index (χ1n) is 11.9. The van der Waals surface area contributed by atoms with Crippen molar-refractivity contribution in [3.8, 4) is 0 Å². The first-order chi connectivity index (χ1) is 14.0. The summed E-state index contributed by atoms with van der Waals surface area (Å²) in [6, 6.07) is 1.37. The zero-order valence-electron chi connectivity index (χ0n) is 19.4. The lowest BCUT2D eigenvalue weighted by molar-refractivity contribution is -0.0135. The highest BCUT2D eigenvalue weighted by Crippen LogP contribution is 2.34. The average Bonchev–Trinajstić information content (AvgIpc) is 3.04. The zero-order chi connectivity index (χ0) is 20.3. The predicted octanol–water partition coefficient (Wildman–Crippen LogP) is 2.28. The summed E-state index contributed by atoms with van der Waals surface area (Å²) in [7, 11) is 0. The van der Waals surface area contributed by atoms with E-state index < -0.39 is 0 Å². The van der Waals surface area contributed by atoms with Crippen molar-refractivity contribution < 1.29 is 9.53 Å². The fourth-order valence-electron chi connectivity index (χ4n) is 5.58. The van der Waals surface area contributed by atoms with Crippen LogP contribution in [-0.4, -0.2) is 115 Å². The molecule has 1 spiro atoms. The van der Waals surface area contributed by atoms with Gasteiger partial charge in [-0.25, -0.2) is 4.79 Å². The topological polar surface area (TPSA) is 51.3 Å². The van der Waals surface area contributed by atoms with Crippen molar-refractivity contribution in [2.45, 2.75) is 63.6 Å². The zero-order valence-corrected chi connectivity index (χ0v) is 21.0. The van der Waals surface area contributed by atoms with E-state index in [2.05, 4.69) is 33.9 Å². The minimum absolute atomic E-state index is 0. The Morgan fingerprint density at radius 1 is 1.00 bits per heavy atom. The number of hydrogen-bond donors (Lipinski definition) is 1. The summed E-state index contributed by atoms with van der Waals surface area (Å²) in [5.41, 5.74) is -0.219. The molecule has 0 radical (unpaired) electrons. The van der Waals surface area contributed by atoms with Crippen LogP contribution >= 0.6 is 24.8 Å². The van der Waals surface area contributed by atoms with Gasteiger partial charge in [-0.15, -0.1) is 24.8 Å². The highest BCUT2D eigenvalue weighted by atomic mass is 35.5. The average molecular weight is 481 g/mol. The summed E-state index contributed by atoms with van der Waals surface area (Å²) in [4.78, 5) is 22.2. The number of piperazine rings is 1. The van der Waals surface area contributed by atoms with Crippen LogP contribution < -0.4 is 5.32 Å². The van der Waals surface area contributed by atoms with Crippen LogP contribution in [0.25, 0.3) is 0 Å². The first kappa shape index (κ1) is 26.9. The number of carbonyl (C=O) groups excluding carboxylic acids is 1. The van der Waals surface area contributed by atoms with Crippen LogP contribution in [0.1, 0.15) is 46.0 Å². The second-order valence-electron chi connectivity index (χ2n) is 9.81. The van der Waals surface area contributed by atoms with Crippen LogP contribution in [0, 0.1) is 0 Å². The van der Waals surface area contributed by atoms with Crippen LogP contribution in [0.4, 0.5) is 4.79 Å². The number of likely N-dealkylation sites (tertiary alicyclic amines) is 1. The fourth-order valence-corrected chi connectivity index (χ4v) is 5.58. The van der Waals surface area contributed by atoms with E-state index in [4.69, 9.17) is 4.74 Å². The van der Waals surface area contributed by atoms with Gasteiger partial charge in [-0.05, 0) is 52.7 Å². The highest BCUT2D eigenvalue weighted by Gasteiger charge is 2.47. The van der Waals surface area contributed by atoms with Gasteiger partial charge >= 0.3 is 6.09 Å². The lowest BCUT2D eigenvalue weighted by atomic mass is 9.89. The van der Waals surface area contributed by atoms with E-state index in [1.807, 2.05) is 4.90 Å². The van der Waals surface area contributed by atoms with Crippen molar-refractivity contribution in [2.24, 2.45) is 0 Å². The molecule has 7 nitrogen and oxygen atoms in total. The molecule has 0 unspecified atom stereocenters. The molecule has 4 fully saturated rings. The number of amides is 1. The van der Waals surface area contributed by atoms with Gasteiger partial charge in [0.15, 0.2) is 0 Å². The summed E-state index contributed by atoms with van der Waals surface area (Å²) in [6.07, 6.45) is 5.47. The Balaban J connectivity index is 0.00000171. The molecule has 4 heterocycles. The smallest absolute Gasteiger partial charge is 0.410 e. The Morgan fingerprint density at radius 2 is 1.65 bits per heavy atom. The molecule has 0 aromatic heterocycles. The first-order valence-corrected chi connectivity index (χ1v) is 11.9. The van der Waals surface area contributed by atoms with Crippen molar-refractivity contribution in [3.63, 3.8) is 0 Å². The van der Waals surface area contributed by atoms with Crippen molar-refractivity contribution in [1.29, 1.82) is 0 Å². The van der Waals surface area contributed by atoms with E-state index >= 15 is 0 Å². The monoisotopic (exact) mass is 479 g/mol. The molecule has 1 N–H and O–H groups in total. The molecule has 0 aromatic rings. The van der Waals surface area contributed by atoms with E-state index in [-0.39, 0.29) is 36.5 Å². The Hall–Kier alpha value is -0.310. The third-order valence-corrected chi connectivity index (χ3v) is 7.61. The van der Waals surface area contributed by atoms with E-state index in [0.29, 0.717) is 6.04 Å². The number of nitrogens with zero attached hydrogens (tertiary/aromatic N) is 4. The second-order valence-corrected chi connectivity index (χ2v) is 9.81. The number of rotatable bonds is 6. The van der Waals surface area contributed by atoms with Crippen LogP contribution in [0.2, 0.25) is 0 Å². The van der Waals surface area contributed by atoms with E-state index in [1.54, 1.807) is 0 Å². The Morgan fingerprint density at radius 3 is 2.26 bits per heavy atom. The van der Waals surface area contributed by atoms with E-state index in [0.717, 1.165) is 84.2 Å². The molecule has 4 aliphatic heterocycles. The molecular formula is C22H43Cl2N5O2. The van der Waals surface area contributed by atoms with Crippen molar-refractivity contribution in [1.82, 2.24) is 24.9 Å². The molecule has 4 aliphatic rings. The number of halogens is 2. The quantitative estimate of drug-likeness (QED) is 0.630. The lowest BCUT2D eigenvalue weighted by Crippen LogP contribution is -2.52. The molecule has 0 aromatic carbocycles. The predicted molar refractivity (Wildman–Crippen MR) is 130 cm³/mol. The minimum Gasteiger partial charge on any atom is -0.441 e. The molecular weight excluding hydrogens is 437 g/mol. The third-order valence-electron chi connectivity index (χ3n) is 7.61. The molecule has 0 saturated carbocycles. The minimum atomic E-state index is -0.219. The number of nitrogens with one attached hydrogen (secondary N) is 1. The largest absolute Gasteiger partial charge is 0.441 e. The Labute approximate surface area is 201 Å². The van der Waals surface area contributed by atoms with Crippen LogP contribution in [0.5, 0.6) is 0 Å². The molecule has 31 heavy (non-hydrogen) atoms. The molecule has 0 bridgehead atoms. The maximum Gasteiger partial charge on any atom is 0.410 e. The second kappa shape index (κ2) is 12.2. The van der Waals surface area contributed by atoms with Crippen molar-refractivity contribution in [3.05, 3.63) is 0 Å². The Bertz CT molecular complexity index is 546. The standard InChI is InChI=1S/C22H41N5O2.2ClH/c1-19(2)25-16-14-24(15-17-25)10-3-11-27-18-22(29-21(27)28)6-12-26(13-7-22)20-4-8-23-9-5-20;;/h19-20,23H,3-18H2,1-2H3;2*1H. The van der Waals surface area contributed by atoms with Crippen molar-refractivity contribution in [2.75, 3.05) is 72.0 Å². The van der Waals surface area contributed by atoms with Crippen LogP contribution in [0.15, 0.2) is 0 Å². The summed E-state index contributed by atoms with van der Waals surface area (Å²) >= 11 is 0. The van der Waals surface area contributed by atoms with E-state index in [9.17, 15) is 4.79 Å². The highest BCUT2D eigenvalue weighted by molar-refractivity contribution is 5.85. The fraction of sp³-hybridized carbons (Fsp3) is 0.955. The summed E-state index contributed by atoms with van der Waals surface area (Å²) < 4.78 is 5.95. The van der Waals surface area contributed by atoms with Gasteiger partial charge in [-0.3, -0.25) is 9.80 Å². The molecule has 182 valence electrons. The van der Waals surface area contributed by atoms with Gasteiger partial charge < -0.3 is 19.9 Å². The number of ether oxygens (including phenoxy) is 1. The molecule has 0 aliphatic carbocycles. The normalized spacial score (nSPS) is 26.0. The maximum absolute atomic E-state index is 12.5. The summed E-state index contributed by atoms with van der Waals surface area (Å²) in [5.74, 6) is 0. The molecule has 9 heteroatoms. The third kappa shape index (κ3) is 6.84. The van der Waals surface area contributed by atoms with Gasteiger partial charge in [0.25, 0.3) is 0 Å². The summed E-state index contributed by atoms with van der Waals surface area (Å²) in [5, 5.41) is 3.46. The molecule has 0 atom stereocenters. The van der Waals surface area contributed by atoms with Crippen molar-refractivity contribution >= 4 is 30.9 Å². The maximum atomic E-state index is 12.5. The van der Waals surface area contributed by atoms with Gasteiger partial charge in [0.1, 0.15) is 5.60 Å². The molecule has 1 amide bonds. The molecule has 4 saturated heterocycles. The Kier molecular flexibility index (Phi) is 10.6. The number of hydrogen-bond acceptors (Lipinski definition) is 6. The summed E-state index contributed by atoms with van der Waals surface area (Å²) in [6.45, 7) is 16.4.